The highest BCUT2D eigenvalue weighted by Gasteiger charge is 2.31. The van der Waals surface area contributed by atoms with E-state index >= 15 is 0 Å². The van der Waals surface area contributed by atoms with Crippen molar-refractivity contribution in [1.29, 1.82) is 0 Å². The number of rotatable bonds is 7. The molecule has 0 saturated carbocycles. The maximum absolute atomic E-state index is 11.3. The second kappa shape index (κ2) is 10.3. The largest absolute Gasteiger partial charge is 0.381 e. The standard InChI is InChI=1S/C25H33ClN6O3/c1-16-11-30(14-22(27)33)12-17(2)32(16)15-23-28-25(29-35-23)20-9-19-3-6-31(24(19)21(26)10-20)13-18-4-7-34-8-5-18/h3,6,9-10,16-18H,4-5,7-8,11-15H2,1-2H3,(H2,27,33). The summed E-state index contributed by atoms with van der Waals surface area (Å²) in [6, 6.07) is 6.56. The molecule has 2 aliphatic heterocycles. The van der Waals surface area contributed by atoms with E-state index in [9.17, 15) is 4.79 Å². The van der Waals surface area contributed by atoms with Crippen molar-refractivity contribution < 1.29 is 14.1 Å². The number of ether oxygens (including phenoxy) is 1. The molecular weight excluding hydrogens is 468 g/mol. The summed E-state index contributed by atoms with van der Waals surface area (Å²) in [6.07, 6.45) is 4.27. The lowest BCUT2D eigenvalue weighted by Gasteiger charge is -2.43. The SMILES string of the molecule is CC1CN(CC(N)=O)CC(C)N1Cc1nc(-c2cc(Cl)c3c(ccn3CC3CCOCC3)c2)no1. The fourth-order valence-corrected chi connectivity index (χ4v) is 5.84. The molecule has 0 spiro atoms. The molecule has 2 atom stereocenters. The number of primary amides is 1. The highest BCUT2D eigenvalue weighted by Crippen LogP contribution is 2.32. The summed E-state index contributed by atoms with van der Waals surface area (Å²) in [6.45, 7) is 9.27. The molecule has 2 saturated heterocycles. The van der Waals surface area contributed by atoms with Gasteiger partial charge in [-0.25, -0.2) is 0 Å². The Morgan fingerprint density at radius 3 is 2.66 bits per heavy atom. The van der Waals surface area contributed by atoms with E-state index in [1.807, 2.05) is 6.07 Å². The minimum Gasteiger partial charge on any atom is -0.381 e. The average molecular weight is 501 g/mol. The van der Waals surface area contributed by atoms with E-state index in [2.05, 4.69) is 56.7 Å². The van der Waals surface area contributed by atoms with Gasteiger partial charge in [-0.1, -0.05) is 16.8 Å². The highest BCUT2D eigenvalue weighted by molar-refractivity contribution is 6.35. The van der Waals surface area contributed by atoms with Crippen LogP contribution in [0.5, 0.6) is 0 Å². The molecule has 35 heavy (non-hydrogen) atoms. The summed E-state index contributed by atoms with van der Waals surface area (Å²) in [5.74, 6) is 1.41. The molecule has 0 aliphatic carbocycles. The zero-order chi connectivity index (χ0) is 24.5. The summed E-state index contributed by atoms with van der Waals surface area (Å²) in [7, 11) is 0. The van der Waals surface area contributed by atoms with E-state index in [1.54, 1.807) is 0 Å². The third-order valence-electron chi connectivity index (χ3n) is 7.21. The van der Waals surface area contributed by atoms with Crippen molar-refractivity contribution in [2.75, 3.05) is 32.8 Å². The minimum absolute atomic E-state index is 0.231. The number of hydrogen-bond acceptors (Lipinski definition) is 7. The summed E-state index contributed by atoms with van der Waals surface area (Å²) in [5.41, 5.74) is 7.26. The first kappa shape index (κ1) is 24.2. The van der Waals surface area contributed by atoms with Gasteiger partial charge in [-0.05, 0) is 50.8 Å². The van der Waals surface area contributed by atoms with E-state index in [4.69, 9.17) is 26.6 Å². The van der Waals surface area contributed by atoms with Crippen molar-refractivity contribution >= 4 is 28.4 Å². The Bertz CT molecular complexity index is 1180. The van der Waals surface area contributed by atoms with Crippen LogP contribution in [0.4, 0.5) is 0 Å². The van der Waals surface area contributed by atoms with E-state index in [0.29, 0.717) is 29.2 Å². The van der Waals surface area contributed by atoms with Gasteiger partial charge in [-0.15, -0.1) is 0 Å². The van der Waals surface area contributed by atoms with E-state index in [1.165, 1.54) is 0 Å². The molecule has 10 heteroatoms. The van der Waals surface area contributed by atoms with Crippen molar-refractivity contribution in [2.45, 2.75) is 51.9 Å². The van der Waals surface area contributed by atoms with Crippen LogP contribution in [-0.4, -0.2) is 75.3 Å². The zero-order valence-corrected chi connectivity index (χ0v) is 21.1. The van der Waals surface area contributed by atoms with Gasteiger partial charge in [0.25, 0.3) is 0 Å². The molecule has 3 aromatic rings. The molecule has 0 radical (unpaired) electrons. The lowest BCUT2D eigenvalue weighted by Crippen LogP contribution is -2.57. The molecule has 2 unspecified atom stereocenters. The first-order chi connectivity index (χ1) is 16.9. The zero-order valence-electron chi connectivity index (χ0n) is 20.3. The second-order valence-corrected chi connectivity index (χ2v) is 10.4. The van der Waals surface area contributed by atoms with Crippen LogP contribution in [-0.2, 0) is 22.6 Å². The van der Waals surface area contributed by atoms with Gasteiger partial charge in [0.05, 0.1) is 23.6 Å². The number of nitrogens with two attached hydrogens (primary N) is 1. The average Bonchev–Trinajstić information content (AvgIpc) is 3.44. The molecule has 2 aliphatic rings. The number of fused-ring (bicyclic) bond motifs is 1. The number of hydrogen-bond donors (Lipinski definition) is 1. The number of carbonyl (C=O) groups excluding carboxylic acids is 1. The van der Waals surface area contributed by atoms with Crippen LogP contribution < -0.4 is 5.73 Å². The molecule has 2 aromatic heterocycles. The number of benzene rings is 1. The van der Waals surface area contributed by atoms with Gasteiger partial charge in [-0.3, -0.25) is 14.6 Å². The molecule has 2 fully saturated rings. The Morgan fingerprint density at radius 1 is 1.20 bits per heavy atom. The Kier molecular flexibility index (Phi) is 7.11. The van der Waals surface area contributed by atoms with Gasteiger partial charge in [0.15, 0.2) is 0 Å². The quantitative estimate of drug-likeness (QED) is 0.531. The Balaban J connectivity index is 1.30. The van der Waals surface area contributed by atoms with E-state index < -0.39 is 0 Å². The minimum atomic E-state index is -0.297. The molecule has 5 rings (SSSR count). The lowest BCUT2D eigenvalue weighted by atomic mass is 10.0. The van der Waals surface area contributed by atoms with Crippen LogP contribution in [0.2, 0.25) is 5.02 Å². The third kappa shape index (κ3) is 5.38. The van der Waals surface area contributed by atoms with Gasteiger partial charge in [0, 0.05) is 62.1 Å². The first-order valence-corrected chi connectivity index (χ1v) is 12.7. The van der Waals surface area contributed by atoms with Crippen LogP contribution >= 0.6 is 11.6 Å². The van der Waals surface area contributed by atoms with Gasteiger partial charge < -0.3 is 19.6 Å². The summed E-state index contributed by atoms with van der Waals surface area (Å²) in [4.78, 5) is 20.4. The molecule has 188 valence electrons. The van der Waals surface area contributed by atoms with Crippen molar-refractivity contribution in [3.05, 3.63) is 35.3 Å². The van der Waals surface area contributed by atoms with Crippen molar-refractivity contribution in [3.63, 3.8) is 0 Å². The molecule has 4 heterocycles. The summed E-state index contributed by atoms with van der Waals surface area (Å²) >= 11 is 6.75. The fourth-order valence-electron chi connectivity index (χ4n) is 5.50. The monoisotopic (exact) mass is 500 g/mol. The number of piperazine rings is 1. The number of carbonyl (C=O) groups is 1. The summed E-state index contributed by atoms with van der Waals surface area (Å²) < 4.78 is 13.4. The van der Waals surface area contributed by atoms with Gasteiger partial charge >= 0.3 is 0 Å². The fraction of sp³-hybridized carbons (Fsp3) is 0.560. The predicted molar refractivity (Wildman–Crippen MR) is 134 cm³/mol. The molecule has 1 aromatic carbocycles. The van der Waals surface area contributed by atoms with E-state index in [0.717, 1.165) is 62.2 Å². The topological polar surface area (TPSA) is 103 Å². The Hall–Kier alpha value is -2.46. The number of amides is 1. The smallest absolute Gasteiger partial charge is 0.241 e. The molecular formula is C25H33ClN6O3. The summed E-state index contributed by atoms with van der Waals surface area (Å²) in [5, 5.41) is 6.00. The second-order valence-electron chi connectivity index (χ2n) is 9.96. The van der Waals surface area contributed by atoms with Crippen LogP contribution in [0.15, 0.2) is 28.9 Å². The maximum atomic E-state index is 11.3. The number of aromatic nitrogens is 3. The number of halogens is 1. The molecule has 1 amide bonds. The maximum Gasteiger partial charge on any atom is 0.241 e. The predicted octanol–water partition coefficient (Wildman–Crippen LogP) is 3.15. The third-order valence-corrected chi connectivity index (χ3v) is 7.50. The van der Waals surface area contributed by atoms with Crippen LogP contribution in [0.1, 0.15) is 32.6 Å². The van der Waals surface area contributed by atoms with Gasteiger partial charge in [0.1, 0.15) is 0 Å². The molecule has 9 nitrogen and oxygen atoms in total. The van der Waals surface area contributed by atoms with Gasteiger partial charge in [0.2, 0.25) is 17.6 Å². The van der Waals surface area contributed by atoms with Crippen LogP contribution in [0.3, 0.4) is 0 Å². The van der Waals surface area contributed by atoms with Gasteiger partial charge in [-0.2, -0.15) is 4.98 Å². The lowest BCUT2D eigenvalue weighted by molar-refractivity contribution is -0.120. The van der Waals surface area contributed by atoms with E-state index in [-0.39, 0.29) is 24.5 Å². The van der Waals surface area contributed by atoms with Crippen molar-refractivity contribution in [3.8, 4) is 11.4 Å². The van der Waals surface area contributed by atoms with Crippen LogP contribution in [0, 0.1) is 5.92 Å². The Labute approximate surface area is 210 Å². The normalized spacial score (nSPS) is 22.7. The first-order valence-electron chi connectivity index (χ1n) is 12.3. The molecule has 0 bridgehead atoms. The van der Waals surface area contributed by atoms with Crippen molar-refractivity contribution in [1.82, 2.24) is 24.5 Å². The Morgan fingerprint density at radius 2 is 1.94 bits per heavy atom. The van der Waals surface area contributed by atoms with Crippen LogP contribution in [0.25, 0.3) is 22.3 Å². The molecule has 2 N–H and O–H groups in total. The van der Waals surface area contributed by atoms with Crippen molar-refractivity contribution in [2.24, 2.45) is 11.7 Å². The number of nitrogens with zero attached hydrogens (tertiary/aromatic N) is 5. The highest BCUT2D eigenvalue weighted by atomic mass is 35.5.